The predicted molar refractivity (Wildman–Crippen MR) is 72.0 cm³/mol. The number of pyridine rings is 1. The molecule has 1 atom stereocenters. The van der Waals surface area contributed by atoms with Crippen LogP contribution in [0.1, 0.15) is 19.4 Å². The number of hydrogen-bond acceptors (Lipinski definition) is 5. The molecule has 102 valence electrons. The summed E-state index contributed by atoms with van der Waals surface area (Å²) in [5.74, 6) is 0. The van der Waals surface area contributed by atoms with Crippen molar-refractivity contribution >= 4 is 5.69 Å². The fourth-order valence-corrected chi connectivity index (χ4v) is 2.07. The first kappa shape index (κ1) is 13.8. The van der Waals surface area contributed by atoms with E-state index in [-0.39, 0.29) is 12.2 Å². The number of rotatable bonds is 4. The van der Waals surface area contributed by atoms with E-state index in [0.29, 0.717) is 18.8 Å². The molecule has 1 aromatic rings. The van der Waals surface area contributed by atoms with Crippen molar-refractivity contribution in [1.82, 2.24) is 4.98 Å². The van der Waals surface area contributed by atoms with Crippen molar-refractivity contribution in [3.63, 3.8) is 0 Å². The van der Waals surface area contributed by atoms with Crippen molar-refractivity contribution in [1.29, 1.82) is 5.26 Å². The number of nitrogens with zero attached hydrogens (tertiary/aromatic N) is 3. The zero-order chi connectivity index (χ0) is 13.7. The Hall–Kier alpha value is -1.64. The van der Waals surface area contributed by atoms with Gasteiger partial charge in [0.05, 0.1) is 42.9 Å². The number of hydrogen-bond donors (Lipinski definition) is 0. The van der Waals surface area contributed by atoms with Crippen molar-refractivity contribution in [2.75, 3.05) is 31.2 Å². The molecule has 2 rings (SSSR count). The molecule has 0 bridgehead atoms. The van der Waals surface area contributed by atoms with Crippen LogP contribution in [0.15, 0.2) is 18.5 Å². The average molecular weight is 261 g/mol. The Balaban J connectivity index is 2.03. The van der Waals surface area contributed by atoms with Crippen LogP contribution in [0.25, 0.3) is 0 Å². The molecule has 5 nitrogen and oxygen atoms in total. The van der Waals surface area contributed by atoms with E-state index in [2.05, 4.69) is 16.0 Å². The fraction of sp³-hybridized carbons (Fsp3) is 0.571. The summed E-state index contributed by atoms with van der Waals surface area (Å²) < 4.78 is 11.3. The Morgan fingerprint density at radius 1 is 1.63 bits per heavy atom. The van der Waals surface area contributed by atoms with E-state index in [1.54, 1.807) is 18.5 Å². The molecule has 2 heterocycles. The molecule has 0 saturated carbocycles. The maximum atomic E-state index is 9.13. The van der Waals surface area contributed by atoms with Gasteiger partial charge in [-0.15, -0.1) is 0 Å². The maximum absolute atomic E-state index is 9.13. The first-order valence-corrected chi connectivity index (χ1v) is 6.53. The largest absolute Gasteiger partial charge is 0.376 e. The predicted octanol–water partition coefficient (Wildman–Crippen LogP) is 1.58. The zero-order valence-corrected chi connectivity index (χ0v) is 11.4. The van der Waals surface area contributed by atoms with Crippen LogP contribution in [0.4, 0.5) is 5.69 Å². The summed E-state index contributed by atoms with van der Waals surface area (Å²) in [6, 6.07) is 3.94. The standard InChI is InChI=1S/C14H19N3O2/c1-11(2)19-10-13-9-17(5-6-18-13)14-8-16-4-3-12(14)7-15/h3-4,8,11,13H,5-6,9-10H2,1-2H3. The molecule has 5 heteroatoms. The molecule has 1 aromatic heterocycles. The number of anilines is 1. The van der Waals surface area contributed by atoms with Gasteiger partial charge in [0.25, 0.3) is 0 Å². The van der Waals surface area contributed by atoms with Gasteiger partial charge in [-0.1, -0.05) is 0 Å². The third-order valence-corrected chi connectivity index (χ3v) is 3.02. The van der Waals surface area contributed by atoms with Gasteiger partial charge >= 0.3 is 0 Å². The smallest absolute Gasteiger partial charge is 0.101 e. The molecule has 0 spiro atoms. The Bertz CT molecular complexity index is 456. The number of aromatic nitrogens is 1. The number of ether oxygens (including phenoxy) is 2. The van der Waals surface area contributed by atoms with Crippen LogP contribution >= 0.6 is 0 Å². The quantitative estimate of drug-likeness (QED) is 0.823. The summed E-state index contributed by atoms with van der Waals surface area (Å²) in [7, 11) is 0. The molecule has 1 aliphatic rings. The Morgan fingerprint density at radius 2 is 2.47 bits per heavy atom. The van der Waals surface area contributed by atoms with Crippen LogP contribution < -0.4 is 4.90 Å². The van der Waals surface area contributed by atoms with E-state index in [4.69, 9.17) is 14.7 Å². The van der Waals surface area contributed by atoms with Gasteiger partial charge in [-0.2, -0.15) is 5.26 Å². The first-order valence-electron chi connectivity index (χ1n) is 6.53. The van der Waals surface area contributed by atoms with Crippen LogP contribution in [0, 0.1) is 11.3 Å². The van der Waals surface area contributed by atoms with E-state index in [0.717, 1.165) is 18.8 Å². The molecule has 0 N–H and O–H groups in total. The third kappa shape index (κ3) is 3.66. The molecule has 0 radical (unpaired) electrons. The highest BCUT2D eigenvalue weighted by atomic mass is 16.5. The summed E-state index contributed by atoms with van der Waals surface area (Å²) >= 11 is 0. The minimum Gasteiger partial charge on any atom is -0.376 e. The molecule has 0 aliphatic carbocycles. The molecule has 19 heavy (non-hydrogen) atoms. The molecular weight excluding hydrogens is 242 g/mol. The molecule has 1 unspecified atom stereocenters. The molecule has 0 aromatic carbocycles. The summed E-state index contributed by atoms with van der Waals surface area (Å²) in [5, 5.41) is 9.13. The van der Waals surface area contributed by atoms with Gasteiger partial charge in [0.2, 0.25) is 0 Å². The van der Waals surface area contributed by atoms with Gasteiger partial charge in [0.15, 0.2) is 0 Å². The van der Waals surface area contributed by atoms with Crippen LogP contribution in [-0.4, -0.2) is 43.5 Å². The topological polar surface area (TPSA) is 58.4 Å². The van der Waals surface area contributed by atoms with Crippen molar-refractivity contribution < 1.29 is 9.47 Å². The molecule has 1 aliphatic heterocycles. The highest BCUT2D eigenvalue weighted by molar-refractivity contribution is 5.57. The second kappa shape index (κ2) is 6.50. The highest BCUT2D eigenvalue weighted by Gasteiger charge is 2.22. The molecular formula is C14H19N3O2. The Labute approximate surface area is 113 Å². The minimum atomic E-state index is 0.0444. The summed E-state index contributed by atoms with van der Waals surface area (Å²) in [6.07, 6.45) is 3.63. The van der Waals surface area contributed by atoms with Crippen LogP contribution in [0.2, 0.25) is 0 Å². The van der Waals surface area contributed by atoms with E-state index >= 15 is 0 Å². The van der Waals surface area contributed by atoms with Crippen LogP contribution in [0.3, 0.4) is 0 Å². The van der Waals surface area contributed by atoms with E-state index in [9.17, 15) is 0 Å². The normalized spacial score (nSPS) is 19.5. The first-order chi connectivity index (χ1) is 9.20. The highest BCUT2D eigenvalue weighted by Crippen LogP contribution is 2.21. The summed E-state index contributed by atoms with van der Waals surface area (Å²) in [6.45, 7) is 6.75. The van der Waals surface area contributed by atoms with Gasteiger partial charge in [-0.25, -0.2) is 0 Å². The maximum Gasteiger partial charge on any atom is 0.101 e. The van der Waals surface area contributed by atoms with Gasteiger partial charge in [-0.3, -0.25) is 4.98 Å². The van der Waals surface area contributed by atoms with Gasteiger partial charge in [-0.05, 0) is 19.9 Å². The summed E-state index contributed by atoms with van der Waals surface area (Å²) in [4.78, 5) is 6.25. The molecule has 1 saturated heterocycles. The monoisotopic (exact) mass is 261 g/mol. The lowest BCUT2D eigenvalue weighted by molar-refractivity contribution is -0.0406. The number of nitriles is 1. The minimum absolute atomic E-state index is 0.0444. The second-order valence-electron chi connectivity index (χ2n) is 4.83. The SMILES string of the molecule is CC(C)OCC1CN(c2cnccc2C#N)CCO1. The van der Waals surface area contributed by atoms with Gasteiger partial charge in [0, 0.05) is 19.3 Å². The van der Waals surface area contributed by atoms with Gasteiger partial charge in [0.1, 0.15) is 6.07 Å². The van der Waals surface area contributed by atoms with E-state index in [1.807, 2.05) is 13.8 Å². The van der Waals surface area contributed by atoms with Crippen molar-refractivity contribution in [3.8, 4) is 6.07 Å². The second-order valence-corrected chi connectivity index (χ2v) is 4.83. The van der Waals surface area contributed by atoms with E-state index < -0.39 is 0 Å². The fourth-order valence-electron chi connectivity index (χ4n) is 2.07. The lowest BCUT2D eigenvalue weighted by Gasteiger charge is -2.34. The zero-order valence-electron chi connectivity index (χ0n) is 11.4. The van der Waals surface area contributed by atoms with Gasteiger partial charge < -0.3 is 14.4 Å². The summed E-state index contributed by atoms with van der Waals surface area (Å²) in [5.41, 5.74) is 1.53. The number of morpholine rings is 1. The Kier molecular flexibility index (Phi) is 4.72. The average Bonchev–Trinajstić information content (AvgIpc) is 2.45. The lowest BCUT2D eigenvalue weighted by Crippen LogP contribution is -2.45. The van der Waals surface area contributed by atoms with Crippen LogP contribution in [0.5, 0.6) is 0 Å². The molecule has 0 amide bonds. The third-order valence-electron chi connectivity index (χ3n) is 3.02. The lowest BCUT2D eigenvalue weighted by atomic mass is 10.2. The van der Waals surface area contributed by atoms with Crippen molar-refractivity contribution in [2.24, 2.45) is 0 Å². The van der Waals surface area contributed by atoms with E-state index in [1.165, 1.54) is 0 Å². The van der Waals surface area contributed by atoms with Crippen LogP contribution in [-0.2, 0) is 9.47 Å². The van der Waals surface area contributed by atoms with Crippen molar-refractivity contribution in [3.05, 3.63) is 24.0 Å². The Morgan fingerprint density at radius 3 is 3.21 bits per heavy atom. The van der Waals surface area contributed by atoms with Crippen molar-refractivity contribution in [2.45, 2.75) is 26.1 Å². The molecule has 1 fully saturated rings.